The van der Waals surface area contributed by atoms with Crippen molar-refractivity contribution >= 4 is 5.69 Å². The SMILES string of the molecule is CN(C)c1cccc(C(N)c2ccc(OC3CC3)cc2)c1. The van der Waals surface area contributed by atoms with E-state index in [1.54, 1.807) is 0 Å². The zero-order chi connectivity index (χ0) is 14.8. The van der Waals surface area contributed by atoms with Gasteiger partial charge in [0.15, 0.2) is 0 Å². The lowest BCUT2D eigenvalue weighted by atomic mass is 9.99. The van der Waals surface area contributed by atoms with Gasteiger partial charge in [-0.05, 0) is 48.2 Å². The summed E-state index contributed by atoms with van der Waals surface area (Å²) in [4.78, 5) is 2.09. The van der Waals surface area contributed by atoms with Gasteiger partial charge >= 0.3 is 0 Å². The molecule has 0 saturated heterocycles. The van der Waals surface area contributed by atoms with Gasteiger partial charge in [0.2, 0.25) is 0 Å². The molecule has 0 bridgehead atoms. The van der Waals surface area contributed by atoms with Crippen LogP contribution in [0.15, 0.2) is 48.5 Å². The summed E-state index contributed by atoms with van der Waals surface area (Å²) in [6, 6.07) is 16.4. The largest absolute Gasteiger partial charge is 0.490 e. The third-order valence-electron chi connectivity index (χ3n) is 3.81. The van der Waals surface area contributed by atoms with Crippen molar-refractivity contribution in [3.8, 4) is 5.75 Å². The molecule has 3 heteroatoms. The molecule has 0 spiro atoms. The van der Waals surface area contributed by atoms with Crippen LogP contribution in [0.3, 0.4) is 0 Å². The molecule has 1 aliphatic carbocycles. The van der Waals surface area contributed by atoms with Gasteiger partial charge in [0.1, 0.15) is 5.75 Å². The van der Waals surface area contributed by atoms with E-state index >= 15 is 0 Å². The highest BCUT2D eigenvalue weighted by atomic mass is 16.5. The zero-order valence-electron chi connectivity index (χ0n) is 12.6. The summed E-state index contributed by atoms with van der Waals surface area (Å²) in [5, 5.41) is 0. The number of nitrogens with two attached hydrogens (primary N) is 1. The molecule has 110 valence electrons. The number of hydrogen-bond acceptors (Lipinski definition) is 3. The Labute approximate surface area is 126 Å². The van der Waals surface area contributed by atoms with Gasteiger partial charge in [0, 0.05) is 19.8 Å². The number of nitrogens with zero attached hydrogens (tertiary/aromatic N) is 1. The van der Waals surface area contributed by atoms with E-state index in [1.807, 2.05) is 26.2 Å². The van der Waals surface area contributed by atoms with E-state index in [0.717, 1.165) is 22.6 Å². The Balaban J connectivity index is 1.77. The molecule has 2 aromatic rings. The predicted octanol–water partition coefficient (Wildman–Crippen LogP) is 3.34. The molecule has 1 saturated carbocycles. The Bertz CT molecular complexity index is 603. The van der Waals surface area contributed by atoms with E-state index in [2.05, 4.69) is 41.3 Å². The van der Waals surface area contributed by atoms with Crippen LogP contribution in [-0.2, 0) is 0 Å². The molecular formula is C18H22N2O. The molecule has 2 aromatic carbocycles. The second-order valence-corrected chi connectivity index (χ2v) is 5.85. The Morgan fingerprint density at radius 1 is 1.05 bits per heavy atom. The molecule has 2 N–H and O–H groups in total. The van der Waals surface area contributed by atoms with Crippen LogP contribution >= 0.6 is 0 Å². The second-order valence-electron chi connectivity index (χ2n) is 5.85. The van der Waals surface area contributed by atoms with Gasteiger partial charge in [-0.1, -0.05) is 24.3 Å². The van der Waals surface area contributed by atoms with E-state index in [9.17, 15) is 0 Å². The lowest BCUT2D eigenvalue weighted by Gasteiger charge is -2.17. The van der Waals surface area contributed by atoms with Crippen molar-refractivity contribution in [2.45, 2.75) is 25.0 Å². The zero-order valence-corrected chi connectivity index (χ0v) is 12.6. The summed E-state index contributed by atoms with van der Waals surface area (Å²) >= 11 is 0. The summed E-state index contributed by atoms with van der Waals surface area (Å²) in [5.41, 5.74) is 9.78. The average molecular weight is 282 g/mol. The third-order valence-corrected chi connectivity index (χ3v) is 3.81. The highest BCUT2D eigenvalue weighted by Crippen LogP contribution is 2.29. The average Bonchev–Trinajstić information content (AvgIpc) is 3.31. The van der Waals surface area contributed by atoms with E-state index in [4.69, 9.17) is 10.5 Å². The first-order chi connectivity index (χ1) is 10.1. The molecule has 0 aromatic heterocycles. The molecule has 1 atom stereocenters. The van der Waals surface area contributed by atoms with Crippen molar-refractivity contribution in [1.29, 1.82) is 0 Å². The number of rotatable bonds is 5. The predicted molar refractivity (Wildman–Crippen MR) is 86.9 cm³/mol. The van der Waals surface area contributed by atoms with Gasteiger partial charge in [-0.15, -0.1) is 0 Å². The quantitative estimate of drug-likeness (QED) is 0.914. The Morgan fingerprint density at radius 3 is 2.38 bits per heavy atom. The van der Waals surface area contributed by atoms with Crippen LogP contribution in [0.4, 0.5) is 5.69 Å². The first-order valence-electron chi connectivity index (χ1n) is 7.43. The molecule has 0 heterocycles. The maximum atomic E-state index is 6.39. The van der Waals surface area contributed by atoms with Gasteiger partial charge in [0.25, 0.3) is 0 Å². The molecule has 1 unspecified atom stereocenters. The van der Waals surface area contributed by atoms with Crippen LogP contribution in [-0.4, -0.2) is 20.2 Å². The van der Waals surface area contributed by atoms with Gasteiger partial charge in [-0.3, -0.25) is 0 Å². The minimum Gasteiger partial charge on any atom is -0.490 e. The molecular weight excluding hydrogens is 260 g/mol. The van der Waals surface area contributed by atoms with Crippen LogP contribution in [0, 0.1) is 0 Å². The van der Waals surface area contributed by atoms with E-state index < -0.39 is 0 Å². The molecule has 0 radical (unpaired) electrons. The normalized spacial score (nSPS) is 15.6. The second kappa shape index (κ2) is 5.78. The topological polar surface area (TPSA) is 38.5 Å². The fraction of sp³-hybridized carbons (Fsp3) is 0.333. The molecule has 0 amide bonds. The molecule has 3 nitrogen and oxygen atoms in total. The number of hydrogen-bond donors (Lipinski definition) is 1. The maximum Gasteiger partial charge on any atom is 0.119 e. The Kier molecular flexibility index (Phi) is 3.84. The number of ether oxygens (including phenoxy) is 1. The molecule has 1 fully saturated rings. The molecule has 0 aliphatic heterocycles. The van der Waals surface area contributed by atoms with Gasteiger partial charge in [-0.25, -0.2) is 0 Å². The van der Waals surface area contributed by atoms with Crippen LogP contribution in [0.1, 0.15) is 30.0 Å². The Hall–Kier alpha value is -2.00. The van der Waals surface area contributed by atoms with Gasteiger partial charge in [0.05, 0.1) is 12.1 Å². The molecule has 1 aliphatic rings. The van der Waals surface area contributed by atoms with Gasteiger partial charge in [-0.2, -0.15) is 0 Å². The fourth-order valence-corrected chi connectivity index (χ4v) is 2.32. The smallest absolute Gasteiger partial charge is 0.119 e. The van der Waals surface area contributed by atoms with Crippen molar-refractivity contribution < 1.29 is 4.74 Å². The molecule has 3 rings (SSSR count). The van der Waals surface area contributed by atoms with Crippen molar-refractivity contribution in [3.05, 3.63) is 59.7 Å². The minimum atomic E-state index is -0.111. The number of benzene rings is 2. The standard InChI is InChI=1S/C18H22N2O/c1-20(2)15-5-3-4-14(12-15)18(19)13-6-8-16(9-7-13)21-17-10-11-17/h3-9,12,17-18H,10-11,19H2,1-2H3. The van der Waals surface area contributed by atoms with Crippen LogP contribution < -0.4 is 15.4 Å². The summed E-state index contributed by atoms with van der Waals surface area (Å²) in [6.45, 7) is 0. The Morgan fingerprint density at radius 2 is 1.76 bits per heavy atom. The van der Waals surface area contributed by atoms with Gasteiger partial charge < -0.3 is 15.4 Å². The third kappa shape index (κ3) is 3.37. The lowest BCUT2D eigenvalue weighted by molar-refractivity contribution is 0.303. The van der Waals surface area contributed by atoms with Crippen LogP contribution in [0.2, 0.25) is 0 Å². The van der Waals surface area contributed by atoms with Crippen molar-refractivity contribution in [2.24, 2.45) is 5.73 Å². The summed E-state index contributed by atoms with van der Waals surface area (Å²) < 4.78 is 5.77. The first-order valence-corrected chi connectivity index (χ1v) is 7.43. The fourth-order valence-electron chi connectivity index (χ4n) is 2.32. The highest BCUT2D eigenvalue weighted by molar-refractivity contribution is 5.49. The van der Waals surface area contributed by atoms with E-state index in [-0.39, 0.29) is 6.04 Å². The van der Waals surface area contributed by atoms with Crippen LogP contribution in [0.5, 0.6) is 5.75 Å². The van der Waals surface area contributed by atoms with E-state index in [0.29, 0.717) is 6.10 Å². The minimum absolute atomic E-state index is 0.111. The number of anilines is 1. The summed E-state index contributed by atoms with van der Waals surface area (Å²) in [7, 11) is 4.07. The maximum absolute atomic E-state index is 6.39. The molecule has 21 heavy (non-hydrogen) atoms. The lowest BCUT2D eigenvalue weighted by Crippen LogP contribution is -2.14. The summed E-state index contributed by atoms with van der Waals surface area (Å²) in [5.74, 6) is 0.940. The highest BCUT2D eigenvalue weighted by Gasteiger charge is 2.23. The van der Waals surface area contributed by atoms with Crippen molar-refractivity contribution in [2.75, 3.05) is 19.0 Å². The van der Waals surface area contributed by atoms with Crippen molar-refractivity contribution in [1.82, 2.24) is 0 Å². The van der Waals surface area contributed by atoms with Crippen LogP contribution in [0.25, 0.3) is 0 Å². The van der Waals surface area contributed by atoms with Crippen molar-refractivity contribution in [3.63, 3.8) is 0 Å². The van der Waals surface area contributed by atoms with E-state index in [1.165, 1.54) is 12.8 Å². The summed E-state index contributed by atoms with van der Waals surface area (Å²) in [6.07, 6.45) is 2.79. The first kappa shape index (κ1) is 14.0. The monoisotopic (exact) mass is 282 g/mol.